The number of hydrogen-bond acceptors (Lipinski definition) is 4. The summed E-state index contributed by atoms with van der Waals surface area (Å²) in [6, 6.07) is 0. The van der Waals surface area contributed by atoms with Crippen molar-refractivity contribution in [2.45, 2.75) is 26.7 Å². The third-order valence-corrected chi connectivity index (χ3v) is 2.05. The molecule has 1 heterocycles. The molecule has 0 saturated heterocycles. The molecule has 1 aromatic heterocycles. The van der Waals surface area contributed by atoms with E-state index >= 15 is 0 Å². The first-order valence-corrected chi connectivity index (χ1v) is 5.11. The van der Waals surface area contributed by atoms with Crippen molar-refractivity contribution in [3.63, 3.8) is 0 Å². The fourth-order valence-corrected chi connectivity index (χ4v) is 1.39. The molecule has 7 heteroatoms. The lowest BCUT2D eigenvalue weighted by Gasteiger charge is -1.98. The van der Waals surface area contributed by atoms with E-state index in [-0.39, 0.29) is 11.4 Å². The molecule has 0 aromatic carbocycles. The Balaban J connectivity index is 3.09. The molecule has 0 saturated carbocycles. The van der Waals surface area contributed by atoms with E-state index in [1.165, 1.54) is 0 Å². The number of amides is 1. The minimum Gasteiger partial charge on any atom is -0.351 e. The van der Waals surface area contributed by atoms with Crippen LogP contribution in [-0.2, 0) is 6.42 Å². The van der Waals surface area contributed by atoms with Crippen LogP contribution in [-0.4, -0.2) is 27.6 Å². The monoisotopic (exact) mass is 226 g/mol. The van der Waals surface area contributed by atoms with Crippen molar-refractivity contribution in [2.75, 3.05) is 6.54 Å². The number of nitrogens with one attached hydrogen (secondary N) is 2. The summed E-state index contributed by atoms with van der Waals surface area (Å²) in [6.45, 7) is 4.05. The van der Waals surface area contributed by atoms with Gasteiger partial charge in [0.2, 0.25) is 5.69 Å². The first kappa shape index (κ1) is 12.2. The summed E-state index contributed by atoms with van der Waals surface area (Å²) in [5.74, 6) is -0.496. The van der Waals surface area contributed by atoms with E-state index in [9.17, 15) is 14.9 Å². The maximum absolute atomic E-state index is 11.5. The van der Waals surface area contributed by atoms with Gasteiger partial charge in [-0.3, -0.25) is 20.0 Å². The first-order valence-electron chi connectivity index (χ1n) is 5.11. The highest BCUT2D eigenvalue weighted by Gasteiger charge is 2.27. The summed E-state index contributed by atoms with van der Waals surface area (Å²) in [5.41, 5.74) is 0.0388. The van der Waals surface area contributed by atoms with Gasteiger partial charge >= 0.3 is 5.69 Å². The standard InChI is InChI=1S/C9H14N4O3/c1-3-5-6-8(13(15)16)7(12-11-6)9(14)10-4-2/h3-5H2,1-2H3,(H,10,14)(H,11,12). The van der Waals surface area contributed by atoms with E-state index in [0.29, 0.717) is 18.7 Å². The van der Waals surface area contributed by atoms with Crippen LogP contribution in [0.25, 0.3) is 0 Å². The lowest BCUT2D eigenvalue weighted by atomic mass is 10.2. The normalized spacial score (nSPS) is 10.1. The maximum Gasteiger partial charge on any atom is 0.322 e. The first-order chi connectivity index (χ1) is 7.61. The van der Waals surface area contributed by atoms with E-state index in [2.05, 4.69) is 15.5 Å². The van der Waals surface area contributed by atoms with E-state index in [1.807, 2.05) is 6.92 Å². The molecule has 16 heavy (non-hydrogen) atoms. The highest BCUT2D eigenvalue weighted by Crippen LogP contribution is 2.22. The van der Waals surface area contributed by atoms with Crippen LogP contribution >= 0.6 is 0 Å². The number of nitrogens with zero attached hydrogens (tertiary/aromatic N) is 2. The Hall–Kier alpha value is -1.92. The topological polar surface area (TPSA) is 101 Å². The van der Waals surface area contributed by atoms with Gasteiger partial charge in [-0.1, -0.05) is 13.3 Å². The molecule has 0 aliphatic heterocycles. The third kappa shape index (κ3) is 2.36. The average molecular weight is 226 g/mol. The van der Waals surface area contributed by atoms with E-state index in [4.69, 9.17) is 0 Å². The minimum atomic E-state index is -0.570. The van der Waals surface area contributed by atoms with E-state index in [1.54, 1.807) is 6.92 Å². The van der Waals surface area contributed by atoms with E-state index in [0.717, 1.165) is 6.42 Å². The Bertz CT molecular complexity index is 399. The number of aromatic amines is 1. The smallest absolute Gasteiger partial charge is 0.322 e. The molecule has 0 aliphatic carbocycles. The highest BCUT2D eigenvalue weighted by molar-refractivity contribution is 5.96. The van der Waals surface area contributed by atoms with Gasteiger partial charge in [-0.2, -0.15) is 5.10 Å². The average Bonchev–Trinajstić information content (AvgIpc) is 2.62. The van der Waals surface area contributed by atoms with Gasteiger partial charge < -0.3 is 5.32 Å². The van der Waals surface area contributed by atoms with Gasteiger partial charge in [0.05, 0.1) is 4.92 Å². The summed E-state index contributed by atoms with van der Waals surface area (Å²) in [5, 5.41) is 19.6. The van der Waals surface area contributed by atoms with Crippen LogP contribution in [0.2, 0.25) is 0 Å². The van der Waals surface area contributed by atoms with Gasteiger partial charge in [-0.05, 0) is 13.3 Å². The fourth-order valence-electron chi connectivity index (χ4n) is 1.39. The van der Waals surface area contributed by atoms with Gasteiger partial charge in [0, 0.05) is 6.54 Å². The third-order valence-electron chi connectivity index (χ3n) is 2.05. The van der Waals surface area contributed by atoms with Crippen LogP contribution in [0.1, 0.15) is 36.5 Å². The van der Waals surface area contributed by atoms with E-state index < -0.39 is 10.8 Å². The number of hydrogen-bond donors (Lipinski definition) is 2. The lowest BCUT2D eigenvalue weighted by Crippen LogP contribution is -2.23. The second-order valence-corrected chi connectivity index (χ2v) is 3.26. The molecular formula is C9H14N4O3. The van der Waals surface area contributed by atoms with Crippen LogP contribution in [0, 0.1) is 10.1 Å². The maximum atomic E-state index is 11.5. The van der Waals surface area contributed by atoms with Crippen LogP contribution < -0.4 is 5.32 Å². The molecule has 1 aromatic rings. The molecule has 0 aliphatic rings. The van der Waals surface area contributed by atoms with Crippen molar-refractivity contribution in [1.29, 1.82) is 0 Å². The second-order valence-electron chi connectivity index (χ2n) is 3.26. The van der Waals surface area contributed by atoms with Gasteiger partial charge in [-0.15, -0.1) is 0 Å². The van der Waals surface area contributed by atoms with Crippen molar-refractivity contribution in [1.82, 2.24) is 15.5 Å². The quantitative estimate of drug-likeness (QED) is 0.578. The Labute approximate surface area is 92.4 Å². The molecule has 0 unspecified atom stereocenters. The van der Waals surface area contributed by atoms with Crippen molar-refractivity contribution < 1.29 is 9.72 Å². The number of nitro groups is 1. The van der Waals surface area contributed by atoms with Gasteiger partial charge in [-0.25, -0.2) is 0 Å². The Kier molecular flexibility index (Phi) is 3.98. The number of carbonyl (C=O) groups excluding carboxylic acids is 1. The summed E-state index contributed by atoms with van der Waals surface area (Å²) < 4.78 is 0. The van der Waals surface area contributed by atoms with Gasteiger partial charge in [0.1, 0.15) is 5.69 Å². The predicted octanol–water partition coefficient (Wildman–Crippen LogP) is 1.02. The van der Waals surface area contributed by atoms with Crippen molar-refractivity contribution in [3.8, 4) is 0 Å². The molecule has 2 N–H and O–H groups in total. The molecule has 1 rings (SSSR count). The molecule has 1 amide bonds. The minimum absolute atomic E-state index is 0.0738. The zero-order chi connectivity index (χ0) is 12.1. The Morgan fingerprint density at radius 2 is 2.25 bits per heavy atom. The molecule has 0 radical (unpaired) electrons. The Morgan fingerprint density at radius 3 is 2.75 bits per heavy atom. The molecule has 88 valence electrons. The summed E-state index contributed by atoms with van der Waals surface area (Å²) in [7, 11) is 0. The van der Waals surface area contributed by atoms with Crippen LogP contribution in [0.5, 0.6) is 0 Å². The van der Waals surface area contributed by atoms with Crippen molar-refractivity contribution >= 4 is 11.6 Å². The SMILES string of the molecule is CCCc1n[nH]c(C(=O)NCC)c1[N+](=O)[O-]. The Morgan fingerprint density at radius 1 is 1.56 bits per heavy atom. The molecular weight excluding hydrogens is 212 g/mol. The van der Waals surface area contributed by atoms with Crippen LogP contribution in [0.3, 0.4) is 0 Å². The predicted molar refractivity (Wildman–Crippen MR) is 57.2 cm³/mol. The van der Waals surface area contributed by atoms with Crippen LogP contribution in [0.4, 0.5) is 5.69 Å². The van der Waals surface area contributed by atoms with Gasteiger partial charge in [0.25, 0.3) is 5.91 Å². The largest absolute Gasteiger partial charge is 0.351 e. The molecule has 7 nitrogen and oxygen atoms in total. The number of rotatable bonds is 5. The molecule has 0 spiro atoms. The number of aromatic nitrogens is 2. The highest BCUT2D eigenvalue weighted by atomic mass is 16.6. The van der Waals surface area contributed by atoms with Gasteiger partial charge in [0.15, 0.2) is 0 Å². The molecule has 0 atom stereocenters. The summed E-state index contributed by atoms with van der Waals surface area (Å²) in [4.78, 5) is 21.8. The zero-order valence-electron chi connectivity index (χ0n) is 9.24. The van der Waals surface area contributed by atoms with Crippen molar-refractivity contribution in [2.24, 2.45) is 0 Å². The summed E-state index contributed by atoms with van der Waals surface area (Å²) in [6.07, 6.45) is 1.22. The number of carbonyl (C=O) groups is 1. The lowest BCUT2D eigenvalue weighted by molar-refractivity contribution is -0.385. The summed E-state index contributed by atoms with van der Waals surface area (Å²) >= 11 is 0. The zero-order valence-corrected chi connectivity index (χ0v) is 9.24. The molecule has 0 fully saturated rings. The number of H-pyrrole nitrogens is 1. The fraction of sp³-hybridized carbons (Fsp3) is 0.556. The van der Waals surface area contributed by atoms with Crippen molar-refractivity contribution in [3.05, 3.63) is 21.5 Å². The molecule has 0 bridgehead atoms. The number of aryl methyl sites for hydroxylation is 1. The van der Waals surface area contributed by atoms with Crippen LogP contribution in [0.15, 0.2) is 0 Å². The second kappa shape index (κ2) is 5.24.